The van der Waals surface area contributed by atoms with Crippen molar-refractivity contribution in [3.63, 3.8) is 0 Å². The zero-order chi connectivity index (χ0) is 34.2. The SMILES string of the molecule is CC(=O)OC(C)(C)C.COC(=O)c1ccc(C2CC3(CCN2Cc2c(OC)cc(C)c(C)c2/C=C\C(C)C)CC3)c(NCC#N)c1. The molecule has 2 aromatic rings. The topological polar surface area (TPSA) is 101 Å². The monoisotopic (exact) mass is 631 g/mol. The Balaban J connectivity index is 0.000000637. The Hall–Kier alpha value is -3.83. The Morgan fingerprint density at radius 3 is 2.37 bits per heavy atom. The van der Waals surface area contributed by atoms with Gasteiger partial charge in [-0.2, -0.15) is 5.26 Å². The van der Waals surface area contributed by atoms with Crippen LogP contribution in [0.5, 0.6) is 5.75 Å². The number of benzene rings is 2. The first-order valence-corrected chi connectivity index (χ1v) is 16.3. The predicted octanol–water partition coefficient (Wildman–Crippen LogP) is 8.17. The van der Waals surface area contributed by atoms with Gasteiger partial charge < -0.3 is 19.5 Å². The van der Waals surface area contributed by atoms with E-state index in [-0.39, 0.29) is 30.1 Å². The van der Waals surface area contributed by atoms with Crippen molar-refractivity contribution in [2.45, 2.75) is 99.3 Å². The van der Waals surface area contributed by atoms with Crippen molar-refractivity contribution in [2.75, 3.05) is 32.6 Å². The van der Waals surface area contributed by atoms with Crippen LogP contribution in [0.25, 0.3) is 6.08 Å². The molecule has 1 aliphatic heterocycles. The summed E-state index contributed by atoms with van der Waals surface area (Å²) < 4.78 is 15.7. The summed E-state index contributed by atoms with van der Waals surface area (Å²) >= 11 is 0. The van der Waals surface area contributed by atoms with Gasteiger partial charge in [0.2, 0.25) is 0 Å². The summed E-state index contributed by atoms with van der Waals surface area (Å²) in [7, 11) is 3.15. The lowest BCUT2D eigenvalue weighted by Gasteiger charge is -2.41. The molecule has 1 spiro atoms. The van der Waals surface area contributed by atoms with E-state index in [4.69, 9.17) is 14.2 Å². The molecule has 8 nitrogen and oxygen atoms in total. The van der Waals surface area contributed by atoms with Crippen LogP contribution in [0, 0.1) is 36.5 Å². The van der Waals surface area contributed by atoms with Gasteiger partial charge in [0.05, 0.1) is 25.9 Å². The molecule has 1 unspecified atom stereocenters. The number of hydrogen-bond donors (Lipinski definition) is 1. The number of likely N-dealkylation sites (tertiary alicyclic amines) is 1. The molecule has 1 aliphatic carbocycles. The maximum Gasteiger partial charge on any atom is 0.337 e. The fourth-order valence-corrected chi connectivity index (χ4v) is 6.14. The number of nitriles is 1. The van der Waals surface area contributed by atoms with Crippen LogP contribution in [-0.2, 0) is 20.8 Å². The molecule has 0 radical (unpaired) electrons. The summed E-state index contributed by atoms with van der Waals surface area (Å²) in [6.45, 7) is 17.6. The Kier molecular flexibility index (Phi) is 12.5. The average molecular weight is 632 g/mol. The second-order valence-corrected chi connectivity index (χ2v) is 14.0. The van der Waals surface area contributed by atoms with Gasteiger partial charge in [0.15, 0.2) is 0 Å². The minimum absolute atomic E-state index is 0.160. The van der Waals surface area contributed by atoms with E-state index in [1.54, 1.807) is 7.11 Å². The van der Waals surface area contributed by atoms with Crippen LogP contribution in [0.15, 0.2) is 30.3 Å². The number of esters is 2. The molecule has 0 bridgehead atoms. The number of aryl methyl sites for hydroxylation is 1. The molecular formula is C38H53N3O5. The first kappa shape index (κ1) is 36.6. The summed E-state index contributed by atoms with van der Waals surface area (Å²) in [5.74, 6) is 0.772. The van der Waals surface area contributed by atoms with E-state index in [1.165, 1.54) is 55.5 Å². The molecule has 250 valence electrons. The van der Waals surface area contributed by atoms with E-state index in [9.17, 15) is 14.9 Å². The average Bonchev–Trinajstić information content (AvgIpc) is 3.75. The van der Waals surface area contributed by atoms with Crippen molar-refractivity contribution in [3.8, 4) is 11.8 Å². The summed E-state index contributed by atoms with van der Waals surface area (Å²) in [5.41, 5.74) is 7.47. The van der Waals surface area contributed by atoms with Crippen molar-refractivity contribution in [1.29, 1.82) is 5.26 Å². The van der Waals surface area contributed by atoms with Gasteiger partial charge in [-0.05, 0) is 119 Å². The third-order valence-corrected chi connectivity index (χ3v) is 8.79. The molecule has 2 aliphatic rings. The molecule has 1 heterocycles. The fourth-order valence-electron chi connectivity index (χ4n) is 6.14. The fraction of sp³-hybridized carbons (Fsp3) is 0.553. The lowest BCUT2D eigenvalue weighted by atomic mass is 9.83. The molecule has 1 saturated heterocycles. The van der Waals surface area contributed by atoms with Gasteiger partial charge in [-0.1, -0.05) is 32.1 Å². The summed E-state index contributed by atoms with van der Waals surface area (Å²) in [6.07, 6.45) is 9.32. The normalized spacial score (nSPS) is 17.2. The number of rotatable bonds is 9. The maximum atomic E-state index is 12.3. The molecule has 2 aromatic carbocycles. The third-order valence-electron chi connectivity index (χ3n) is 8.79. The van der Waals surface area contributed by atoms with E-state index in [0.717, 1.165) is 36.5 Å². The van der Waals surface area contributed by atoms with Crippen LogP contribution in [0.1, 0.15) is 111 Å². The Labute approximate surface area is 276 Å². The highest BCUT2D eigenvalue weighted by Crippen LogP contribution is 2.59. The van der Waals surface area contributed by atoms with Gasteiger partial charge in [-0.15, -0.1) is 0 Å². The van der Waals surface area contributed by atoms with Gasteiger partial charge in [-0.25, -0.2) is 4.79 Å². The van der Waals surface area contributed by atoms with Gasteiger partial charge >= 0.3 is 11.9 Å². The van der Waals surface area contributed by atoms with Crippen molar-refractivity contribution >= 4 is 23.7 Å². The molecule has 2 fully saturated rings. The van der Waals surface area contributed by atoms with E-state index in [0.29, 0.717) is 16.9 Å². The van der Waals surface area contributed by atoms with Crippen LogP contribution < -0.4 is 10.1 Å². The molecule has 1 saturated carbocycles. The zero-order valence-corrected chi connectivity index (χ0v) is 29.5. The minimum atomic E-state index is -0.378. The van der Waals surface area contributed by atoms with Crippen LogP contribution in [0.4, 0.5) is 5.69 Å². The molecule has 0 amide bonds. The number of anilines is 1. The number of allylic oxidation sites excluding steroid dienone is 1. The van der Waals surface area contributed by atoms with Gasteiger partial charge in [0.1, 0.15) is 17.9 Å². The Morgan fingerprint density at radius 2 is 1.85 bits per heavy atom. The maximum absolute atomic E-state index is 12.3. The molecular weight excluding hydrogens is 578 g/mol. The second-order valence-electron chi connectivity index (χ2n) is 14.0. The minimum Gasteiger partial charge on any atom is -0.496 e. The number of piperidine rings is 1. The van der Waals surface area contributed by atoms with Gasteiger partial charge in [-0.3, -0.25) is 9.69 Å². The lowest BCUT2D eigenvalue weighted by molar-refractivity contribution is -0.151. The van der Waals surface area contributed by atoms with Crippen molar-refractivity contribution < 1.29 is 23.8 Å². The van der Waals surface area contributed by atoms with E-state index < -0.39 is 0 Å². The Bertz CT molecular complexity index is 1460. The van der Waals surface area contributed by atoms with Gasteiger partial charge in [0, 0.05) is 30.8 Å². The highest BCUT2D eigenvalue weighted by atomic mass is 16.6. The lowest BCUT2D eigenvalue weighted by Crippen LogP contribution is -2.38. The van der Waals surface area contributed by atoms with Crippen LogP contribution in [0.3, 0.4) is 0 Å². The molecule has 46 heavy (non-hydrogen) atoms. The standard InChI is InChI=1S/C32H41N3O3.C6H12O2/c1-21(2)7-9-25-23(4)22(3)17-30(37-5)27(25)20-35-16-13-32(11-12-32)19-29(35)26-10-8-24(31(36)38-6)18-28(26)34-15-14-33;1-5(7)8-6(2,3)4/h7-10,17-18,21,29,34H,11-13,15-16,19-20H2,1-6H3;1-4H3/b9-7-;. The number of ether oxygens (including phenoxy) is 3. The zero-order valence-electron chi connectivity index (χ0n) is 29.5. The first-order valence-electron chi connectivity index (χ1n) is 16.3. The first-order chi connectivity index (χ1) is 21.6. The summed E-state index contributed by atoms with van der Waals surface area (Å²) in [6, 6.07) is 10.2. The highest BCUT2D eigenvalue weighted by molar-refractivity contribution is 5.90. The van der Waals surface area contributed by atoms with Crippen LogP contribution in [-0.4, -0.2) is 49.7 Å². The molecule has 4 rings (SSSR count). The van der Waals surface area contributed by atoms with Crippen LogP contribution in [0.2, 0.25) is 0 Å². The number of hydrogen-bond acceptors (Lipinski definition) is 8. The second kappa shape index (κ2) is 15.6. The smallest absolute Gasteiger partial charge is 0.337 e. The van der Waals surface area contributed by atoms with E-state index in [2.05, 4.69) is 62.2 Å². The van der Waals surface area contributed by atoms with Gasteiger partial charge in [0.25, 0.3) is 0 Å². The number of nitrogens with zero attached hydrogens (tertiary/aromatic N) is 2. The van der Waals surface area contributed by atoms with Crippen molar-refractivity contribution in [1.82, 2.24) is 4.90 Å². The molecule has 1 atom stereocenters. The molecule has 1 N–H and O–H groups in total. The Morgan fingerprint density at radius 1 is 1.15 bits per heavy atom. The van der Waals surface area contributed by atoms with E-state index in [1.807, 2.05) is 39.0 Å². The number of carbonyl (C=O) groups is 2. The number of nitrogens with one attached hydrogen (secondary N) is 1. The number of methoxy groups -OCH3 is 2. The molecule has 0 aromatic heterocycles. The van der Waals surface area contributed by atoms with Crippen LogP contribution >= 0.6 is 0 Å². The van der Waals surface area contributed by atoms with Crippen molar-refractivity contribution in [3.05, 3.63) is 63.7 Å². The number of carbonyl (C=O) groups excluding carboxylic acids is 2. The quantitative estimate of drug-likeness (QED) is 0.219. The molecule has 8 heteroatoms. The highest BCUT2D eigenvalue weighted by Gasteiger charge is 2.48. The largest absolute Gasteiger partial charge is 0.496 e. The van der Waals surface area contributed by atoms with E-state index >= 15 is 0 Å². The van der Waals surface area contributed by atoms with Crippen molar-refractivity contribution in [2.24, 2.45) is 11.3 Å². The summed E-state index contributed by atoms with van der Waals surface area (Å²) in [4.78, 5) is 25.1. The third kappa shape index (κ3) is 9.83. The summed E-state index contributed by atoms with van der Waals surface area (Å²) in [5, 5.41) is 12.5. The predicted molar refractivity (Wildman–Crippen MR) is 184 cm³/mol.